The lowest BCUT2D eigenvalue weighted by atomic mass is 10.0. The van der Waals surface area contributed by atoms with Gasteiger partial charge in [0.1, 0.15) is 0 Å². The Bertz CT molecular complexity index is 1300. The maximum absolute atomic E-state index is 12.5. The van der Waals surface area contributed by atoms with Crippen molar-refractivity contribution in [3.8, 4) is 0 Å². The summed E-state index contributed by atoms with van der Waals surface area (Å²) >= 11 is 0. The zero-order chi connectivity index (χ0) is 59.9. The Hall–Kier alpha value is -1.66. The molecule has 3 N–H and O–H groups in total. The van der Waals surface area contributed by atoms with Gasteiger partial charge in [0.15, 0.2) is 0 Å². The van der Waals surface area contributed by atoms with Crippen LogP contribution in [0.2, 0.25) is 0 Å². The number of unbranched alkanes of at least 4 members (excludes halogenated alkanes) is 57. The molecule has 0 aliphatic carbocycles. The fourth-order valence-electron chi connectivity index (χ4n) is 12.2. The number of carbonyl (C=O) groups excluding carboxylic acids is 2. The van der Waals surface area contributed by atoms with Gasteiger partial charge >= 0.3 is 5.97 Å². The Balaban J connectivity index is 3.33. The Morgan fingerprint density at radius 3 is 0.940 bits per heavy atom. The molecule has 2 atom stereocenters. The SMILES string of the molecule is CCCCC/C=C\C/C=C\CCCCCCCCCC(=O)OCCCCCCCCCCCCCCCCCCCCCCCCCCCCCCCCC(=O)NC(CO)C(O)CCCCCCCCCCCCCCCCCCCCC. The second-order valence-corrected chi connectivity index (χ2v) is 26.3. The minimum Gasteiger partial charge on any atom is -0.466 e. The number of rotatable bonds is 72. The van der Waals surface area contributed by atoms with E-state index in [1.807, 2.05) is 0 Å². The first-order valence-electron chi connectivity index (χ1n) is 38.1. The van der Waals surface area contributed by atoms with Gasteiger partial charge in [0, 0.05) is 12.8 Å². The van der Waals surface area contributed by atoms with Crippen molar-refractivity contribution >= 4 is 11.9 Å². The first kappa shape index (κ1) is 81.3. The van der Waals surface area contributed by atoms with Gasteiger partial charge in [-0.1, -0.05) is 385 Å². The molecule has 0 aliphatic heterocycles. The van der Waals surface area contributed by atoms with E-state index in [9.17, 15) is 19.8 Å². The zero-order valence-corrected chi connectivity index (χ0v) is 56.5. The molecule has 6 heteroatoms. The highest BCUT2D eigenvalue weighted by atomic mass is 16.5. The third-order valence-corrected chi connectivity index (χ3v) is 18.0. The quantitative estimate of drug-likeness (QED) is 0.0320. The third kappa shape index (κ3) is 69.3. The van der Waals surface area contributed by atoms with Crippen LogP contribution in [-0.4, -0.2) is 47.4 Å². The molecule has 0 bridgehead atoms. The molecule has 6 nitrogen and oxygen atoms in total. The number of amides is 1. The van der Waals surface area contributed by atoms with Crippen LogP contribution >= 0.6 is 0 Å². The minimum absolute atomic E-state index is 0.0132. The first-order chi connectivity index (χ1) is 41.0. The van der Waals surface area contributed by atoms with Gasteiger partial charge in [-0.3, -0.25) is 9.59 Å². The van der Waals surface area contributed by atoms with E-state index in [2.05, 4.69) is 43.5 Å². The lowest BCUT2D eigenvalue weighted by molar-refractivity contribution is -0.143. The largest absolute Gasteiger partial charge is 0.466 e. The van der Waals surface area contributed by atoms with E-state index in [1.165, 1.54) is 347 Å². The smallest absolute Gasteiger partial charge is 0.305 e. The summed E-state index contributed by atoms with van der Waals surface area (Å²) in [6, 6.07) is -0.539. The second kappa shape index (κ2) is 72.8. The molecule has 0 heterocycles. The average Bonchev–Trinajstić information content (AvgIpc) is 3.49. The molecule has 492 valence electrons. The van der Waals surface area contributed by atoms with Gasteiger partial charge in [-0.2, -0.15) is 0 Å². The molecule has 0 radical (unpaired) electrons. The molecule has 0 saturated heterocycles. The van der Waals surface area contributed by atoms with Crippen molar-refractivity contribution in [3.63, 3.8) is 0 Å². The summed E-state index contributed by atoms with van der Waals surface area (Å²) in [7, 11) is 0. The molecule has 2 unspecified atom stereocenters. The molecule has 0 aromatic carbocycles. The molecular weight excluding hydrogens is 1020 g/mol. The predicted molar refractivity (Wildman–Crippen MR) is 366 cm³/mol. The molecule has 0 aromatic heterocycles. The summed E-state index contributed by atoms with van der Waals surface area (Å²) in [6.45, 7) is 4.97. The summed E-state index contributed by atoms with van der Waals surface area (Å²) in [5.74, 6) is -0.0132. The highest BCUT2D eigenvalue weighted by Crippen LogP contribution is 2.20. The van der Waals surface area contributed by atoms with E-state index < -0.39 is 12.1 Å². The Labute approximate surface area is 520 Å². The van der Waals surface area contributed by atoms with Gasteiger partial charge in [0.2, 0.25) is 5.91 Å². The highest BCUT2D eigenvalue weighted by molar-refractivity contribution is 5.76. The predicted octanol–water partition coefficient (Wildman–Crippen LogP) is 24.9. The maximum atomic E-state index is 12.5. The average molecular weight is 1170 g/mol. The van der Waals surface area contributed by atoms with Crippen molar-refractivity contribution in [2.75, 3.05) is 13.2 Å². The van der Waals surface area contributed by atoms with E-state index in [0.717, 1.165) is 51.4 Å². The Kier molecular flexibility index (Phi) is 71.4. The zero-order valence-electron chi connectivity index (χ0n) is 56.5. The molecule has 83 heavy (non-hydrogen) atoms. The number of aliphatic hydroxyl groups excluding tert-OH is 2. The standard InChI is InChI=1S/C77H149NO5/c1-3-5-7-9-11-13-15-17-19-21-34-38-41-45-49-53-57-61-65-69-75(80)74(73-79)78-76(81)70-66-62-58-54-50-46-42-39-35-32-30-28-26-24-22-23-25-27-29-31-33-36-40-44-48-52-56-60-64-68-72-83-77(82)71-67-63-59-55-51-47-43-37-20-18-16-14-12-10-8-6-4-2/h12,14,18,20,74-75,79-80H,3-11,13,15-17,19,21-73H2,1-2H3,(H,78,81)/b14-12-,20-18-. The summed E-state index contributed by atoms with van der Waals surface area (Å²) in [5.41, 5.74) is 0. The van der Waals surface area contributed by atoms with Crippen LogP contribution in [0, 0.1) is 0 Å². The number of nitrogens with one attached hydrogen (secondary N) is 1. The first-order valence-corrected chi connectivity index (χ1v) is 38.1. The normalized spacial score (nSPS) is 12.6. The van der Waals surface area contributed by atoms with Crippen LogP contribution in [0.3, 0.4) is 0 Å². The lowest BCUT2D eigenvalue weighted by Crippen LogP contribution is -2.45. The molecule has 0 fully saturated rings. The molecule has 0 aliphatic rings. The van der Waals surface area contributed by atoms with E-state index in [0.29, 0.717) is 25.9 Å². The van der Waals surface area contributed by atoms with E-state index in [1.54, 1.807) is 0 Å². The third-order valence-electron chi connectivity index (χ3n) is 18.0. The van der Waals surface area contributed by atoms with Gasteiger partial charge in [-0.05, 0) is 57.8 Å². The minimum atomic E-state index is -0.662. The van der Waals surface area contributed by atoms with Crippen molar-refractivity contribution in [1.29, 1.82) is 0 Å². The Morgan fingerprint density at radius 1 is 0.337 bits per heavy atom. The van der Waals surface area contributed by atoms with E-state index in [-0.39, 0.29) is 18.5 Å². The molecule has 1 amide bonds. The Morgan fingerprint density at radius 2 is 0.602 bits per heavy atom. The second-order valence-electron chi connectivity index (χ2n) is 26.3. The maximum Gasteiger partial charge on any atom is 0.305 e. The van der Waals surface area contributed by atoms with Gasteiger partial charge in [-0.25, -0.2) is 0 Å². The number of ether oxygens (including phenoxy) is 1. The number of hydrogen-bond donors (Lipinski definition) is 3. The molecule has 0 saturated carbocycles. The van der Waals surface area contributed by atoms with Crippen LogP contribution < -0.4 is 5.32 Å². The molecule has 0 aromatic rings. The van der Waals surface area contributed by atoms with E-state index in [4.69, 9.17) is 4.74 Å². The summed E-state index contributed by atoms with van der Waals surface area (Å²) in [4.78, 5) is 24.7. The highest BCUT2D eigenvalue weighted by Gasteiger charge is 2.20. The van der Waals surface area contributed by atoms with Gasteiger partial charge in [0.05, 0.1) is 25.4 Å². The number of esters is 1. The van der Waals surface area contributed by atoms with Crippen molar-refractivity contribution in [2.24, 2.45) is 0 Å². The molecule has 0 spiro atoms. The van der Waals surface area contributed by atoms with Crippen molar-refractivity contribution in [1.82, 2.24) is 5.32 Å². The number of aliphatic hydroxyl groups is 2. The number of hydrogen-bond acceptors (Lipinski definition) is 5. The van der Waals surface area contributed by atoms with Crippen LogP contribution in [0.5, 0.6) is 0 Å². The molecular formula is C77H149NO5. The van der Waals surface area contributed by atoms with Gasteiger partial charge < -0.3 is 20.3 Å². The van der Waals surface area contributed by atoms with Crippen molar-refractivity contribution < 1.29 is 24.5 Å². The van der Waals surface area contributed by atoms with Gasteiger partial charge in [-0.15, -0.1) is 0 Å². The fourth-order valence-corrected chi connectivity index (χ4v) is 12.2. The van der Waals surface area contributed by atoms with Crippen LogP contribution in [0.4, 0.5) is 0 Å². The number of allylic oxidation sites excluding steroid dienone is 4. The van der Waals surface area contributed by atoms with E-state index >= 15 is 0 Å². The number of carbonyl (C=O) groups is 2. The summed E-state index contributed by atoms with van der Waals surface area (Å²) < 4.78 is 5.50. The monoisotopic (exact) mass is 1170 g/mol. The summed E-state index contributed by atoms with van der Waals surface area (Å²) in [6.07, 6.45) is 92.5. The van der Waals surface area contributed by atoms with Crippen LogP contribution in [-0.2, 0) is 14.3 Å². The van der Waals surface area contributed by atoms with Crippen molar-refractivity contribution in [2.45, 2.75) is 443 Å². The topological polar surface area (TPSA) is 95.9 Å². The lowest BCUT2D eigenvalue weighted by Gasteiger charge is -2.22. The fraction of sp³-hybridized carbons (Fsp3) is 0.922. The summed E-state index contributed by atoms with van der Waals surface area (Å²) in [5, 5.41) is 23.4. The van der Waals surface area contributed by atoms with Crippen LogP contribution in [0.25, 0.3) is 0 Å². The van der Waals surface area contributed by atoms with Gasteiger partial charge in [0.25, 0.3) is 0 Å². The van der Waals surface area contributed by atoms with Crippen LogP contribution in [0.1, 0.15) is 431 Å². The molecule has 0 rings (SSSR count). The van der Waals surface area contributed by atoms with Crippen LogP contribution in [0.15, 0.2) is 24.3 Å². The van der Waals surface area contributed by atoms with Crippen molar-refractivity contribution in [3.05, 3.63) is 24.3 Å².